The molecular formula is C18H29N3O3. The molecule has 6 nitrogen and oxygen atoms in total. The van der Waals surface area contributed by atoms with E-state index in [-0.39, 0.29) is 12.0 Å². The van der Waals surface area contributed by atoms with Gasteiger partial charge in [-0.25, -0.2) is 0 Å². The predicted molar refractivity (Wildman–Crippen MR) is 94.3 cm³/mol. The van der Waals surface area contributed by atoms with E-state index in [4.69, 9.17) is 9.25 Å². The van der Waals surface area contributed by atoms with Crippen LogP contribution in [0.5, 0.6) is 0 Å². The molecule has 6 heteroatoms. The second kappa shape index (κ2) is 8.87. The molecule has 1 amide bonds. The number of nitrogens with zero attached hydrogens (tertiary/aromatic N) is 2. The minimum absolute atomic E-state index is 0.0698. The number of rotatable bonds is 9. The van der Waals surface area contributed by atoms with Gasteiger partial charge in [-0.05, 0) is 25.6 Å². The van der Waals surface area contributed by atoms with Crippen molar-refractivity contribution in [2.75, 3.05) is 19.6 Å². The van der Waals surface area contributed by atoms with Gasteiger partial charge in [-0.1, -0.05) is 32.9 Å². The molecule has 0 fully saturated rings. The summed E-state index contributed by atoms with van der Waals surface area (Å²) < 4.78 is 5.76. The van der Waals surface area contributed by atoms with Gasteiger partial charge in [0.05, 0.1) is 12.3 Å². The molecule has 1 aliphatic heterocycles. The van der Waals surface area contributed by atoms with E-state index in [2.05, 4.69) is 36.1 Å². The van der Waals surface area contributed by atoms with Crippen LogP contribution >= 0.6 is 0 Å². The number of carbonyl (C=O) groups excluding carboxylic acids is 1. The zero-order valence-corrected chi connectivity index (χ0v) is 15.2. The van der Waals surface area contributed by atoms with Crippen LogP contribution in [0.25, 0.3) is 0 Å². The van der Waals surface area contributed by atoms with Crippen molar-refractivity contribution in [1.29, 1.82) is 0 Å². The summed E-state index contributed by atoms with van der Waals surface area (Å²) >= 11 is 0. The first kappa shape index (κ1) is 18.5. The van der Waals surface area contributed by atoms with Gasteiger partial charge in [0.1, 0.15) is 11.9 Å². The maximum Gasteiger partial charge on any atom is 0.287 e. The fourth-order valence-electron chi connectivity index (χ4n) is 2.80. The third kappa shape index (κ3) is 4.60. The van der Waals surface area contributed by atoms with Crippen molar-refractivity contribution in [3.05, 3.63) is 23.2 Å². The summed E-state index contributed by atoms with van der Waals surface area (Å²) in [6.07, 6.45) is 2.38. The number of amides is 1. The highest BCUT2D eigenvalue weighted by Gasteiger charge is 2.22. The van der Waals surface area contributed by atoms with Gasteiger partial charge in [0.25, 0.3) is 5.91 Å². The predicted octanol–water partition coefficient (Wildman–Crippen LogP) is 2.97. The van der Waals surface area contributed by atoms with E-state index in [1.807, 2.05) is 13.0 Å². The summed E-state index contributed by atoms with van der Waals surface area (Å²) in [5, 5.41) is 6.89. The minimum atomic E-state index is -0.191. The third-order valence-electron chi connectivity index (χ3n) is 4.42. The SMILES string of the molecule is CCC1=NO[C@@H](CNC(=O)c2cc(CN(CC)CC)c(CC)o2)C1. The van der Waals surface area contributed by atoms with Crippen LogP contribution in [0.2, 0.25) is 0 Å². The molecule has 0 aromatic carbocycles. The molecule has 0 bridgehead atoms. The normalized spacial score (nSPS) is 17.0. The highest BCUT2D eigenvalue weighted by molar-refractivity contribution is 5.92. The lowest BCUT2D eigenvalue weighted by atomic mass is 10.1. The zero-order valence-electron chi connectivity index (χ0n) is 15.2. The van der Waals surface area contributed by atoms with Gasteiger partial charge in [-0.3, -0.25) is 9.69 Å². The van der Waals surface area contributed by atoms with Crippen LogP contribution in [0, 0.1) is 0 Å². The molecular weight excluding hydrogens is 306 g/mol. The summed E-state index contributed by atoms with van der Waals surface area (Å²) in [6, 6.07) is 1.87. The van der Waals surface area contributed by atoms with E-state index in [0.717, 1.165) is 55.9 Å². The fourth-order valence-corrected chi connectivity index (χ4v) is 2.80. The van der Waals surface area contributed by atoms with Crippen molar-refractivity contribution in [2.24, 2.45) is 5.16 Å². The van der Waals surface area contributed by atoms with E-state index in [1.54, 1.807) is 0 Å². The summed E-state index contributed by atoms with van der Waals surface area (Å²) in [7, 11) is 0. The Morgan fingerprint density at radius 3 is 2.62 bits per heavy atom. The molecule has 1 atom stereocenters. The molecule has 2 rings (SSSR count). The van der Waals surface area contributed by atoms with Gasteiger partial charge in [0.15, 0.2) is 5.76 Å². The molecule has 0 unspecified atom stereocenters. The monoisotopic (exact) mass is 335 g/mol. The van der Waals surface area contributed by atoms with Crippen LogP contribution in [-0.4, -0.2) is 42.3 Å². The summed E-state index contributed by atoms with van der Waals surface area (Å²) in [5.41, 5.74) is 2.14. The standard InChI is InChI=1S/C18H29N3O3/c1-5-14-10-15(24-20-14)11-19-18(22)17-9-13(16(6-2)23-17)12-21(7-3)8-4/h9,15H,5-8,10-12H2,1-4H3,(H,19,22)/t15-/m1/s1. The number of furan rings is 1. The van der Waals surface area contributed by atoms with E-state index in [9.17, 15) is 4.79 Å². The molecule has 0 aliphatic carbocycles. The van der Waals surface area contributed by atoms with E-state index in [0.29, 0.717) is 12.3 Å². The van der Waals surface area contributed by atoms with Gasteiger partial charge in [0.2, 0.25) is 0 Å². The smallest absolute Gasteiger partial charge is 0.287 e. The van der Waals surface area contributed by atoms with Gasteiger partial charge in [0, 0.05) is 24.9 Å². The number of oxime groups is 1. The molecule has 1 aliphatic rings. The summed E-state index contributed by atoms with van der Waals surface area (Å²) in [4.78, 5) is 20.0. The number of carbonyl (C=O) groups is 1. The lowest BCUT2D eigenvalue weighted by Crippen LogP contribution is -2.32. The Bertz CT molecular complexity index is 576. The minimum Gasteiger partial charge on any atom is -0.456 e. The van der Waals surface area contributed by atoms with Crippen LogP contribution in [0.15, 0.2) is 15.6 Å². The average molecular weight is 335 g/mol. The number of aryl methyl sites for hydroxylation is 1. The Hall–Kier alpha value is -1.82. The van der Waals surface area contributed by atoms with Crippen LogP contribution in [0.4, 0.5) is 0 Å². The van der Waals surface area contributed by atoms with Crippen molar-refractivity contribution < 1.29 is 14.0 Å². The van der Waals surface area contributed by atoms with Crippen molar-refractivity contribution in [2.45, 2.75) is 59.6 Å². The third-order valence-corrected chi connectivity index (χ3v) is 4.42. The molecule has 0 saturated carbocycles. The lowest BCUT2D eigenvalue weighted by molar-refractivity contribution is 0.0739. The van der Waals surface area contributed by atoms with Gasteiger partial charge >= 0.3 is 0 Å². The van der Waals surface area contributed by atoms with Crippen LogP contribution in [0.3, 0.4) is 0 Å². The largest absolute Gasteiger partial charge is 0.456 e. The first-order chi connectivity index (χ1) is 11.6. The maximum absolute atomic E-state index is 12.3. The zero-order chi connectivity index (χ0) is 17.5. The average Bonchev–Trinajstić information content (AvgIpc) is 3.23. The van der Waals surface area contributed by atoms with Gasteiger partial charge in [-0.15, -0.1) is 0 Å². The number of nitrogens with one attached hydrogen (secondary N) is 1. The second-order valence-corrected chi connectivity index (χ2v) is 6.03. The Morgan fingerprint density at radius 2 is 2.04 bits per heavy atom. The first-order valence-electron chi connectivity index (χ1n) is 8.94. The first-order valence-corrected chi connectivity index (χ1v) is 8.94. The van der Waals surface area contributed by atoms with Crippen LogP contribution in [-0.2, 0) is 17.8 Å². The second-order valence-electron chi connectivity index (χ2n) is 6.03. The molecule has 1 aromatic rings. The summed E-state index contributed by atoms with van der Waals surface area (Å²) in [6.45, 7) is 11.6. The van der Waals surface area contributed by atoms with Crippen LogP contribution in [0.1, 0.15) is 62.4 Å². The van der Waals surface area contributed by atoms with Crippen molar-refractivity contribution in [3.63, 3.8) is 0 Å². The quantitative estimate of drug-likeness (QED) is 0.753. The topological polar surface area (TPSA) is 67.1 Å². The number of hydrogen-bond donors (Lipinski definition) is 1. The highest BCUT2D eigenvalue weighted by Crippen LogP contribution is 2.19. The number of hydrogen-bond acceptors (Lipinski definition) is 5. The van der Waals surface area contributed by atoms with E-state index < -0.39 is 0 Å². The van der Waals surface area contributed by atoms with Gasteiger partial charge in [-0.2, -0.15) is 0 Å². The lowest BCUT2D eigenvalue weighted by Gasteiger charge is -2.17. The van der Waals surface area contributed by atoms with Crippen molar-refractivity contribution in [3.8, 4) is 0 Å². The molecule has 0 saturated heterocycles. The van der Waals surface area contributed by atoms with Crippen molar-refractivity contribution >= 4 is 11.6 Å². The summed E-state index contributed by atoms with van der Waals surface area (Å²) in [5.74, 6) is 1.08. The van der Waals surface area contributed by atoms with E-state index >= 15 is 0 Å². The Morgan fingerprint density at radius 1 is 1.29 bits per heavy atom. The van der Waals surface area contributed by atoms with Crippen molar-refractivity contribution in [1.82, 2.24) is 10.2 Å². The van der Waals surface area contributed by atoms with E-state index in [1.165, 1.54) is 0 Å². The Balaban J connectivity index is 1.93. The maximum atomic E-state index is 12.3. The molecule has 0 spiro atoms. The molecule has 2 heterocycles. The molecule has 1 N–H and O–H groups in total. The Kier molecular flexibility index (Phi) is 6.85. The van der Waals surface area contributed by atoms with Crippen LogP contribution < -0.4 is 5.32 Å². The Labute approximate surface area is 144 Å². The molecule has 0 radical (unpaired) electrons. The molecule has 134 valence electrons. The molecule has 24 heavy (non-hydrogen) atoms. The molecule has 1 aromatic heterocycles. The van der Waals surface area contributed by atoms with Gasteiger partial charge < -0.3 is 14.6 Å². The fraction of sp³-hybridized carbons (Fsp3) is 0.667. The highest BCUT2D eigenvalue weighted by atomic mass is 16.6.